The van der Waals surface area contributed by atoms with E-state index in [9.17, 15) is 4.39 Å². The second-order valence-corrected chi connectivity index (χ2v) is 5.16. The quantitative estimate of drug-likeness (QED) is 0.872. The van der Waals surface area contributed by atoms with Crippen LogP contribution < -0.4 is 5.73 Å². The zero-order chi connectivity index (χ0) is 13.2. The fraction of sp³-hybridized carbons (Fsp3) is 0.429. The van der Waals surface area contributed by atoms with Gasteiger partial charge in [-0.2, -0.15) is 0 Å². The molecule has 19 heavy (non-hydrogen) atoms. The molecule has 0 radical (unpaired) electrons. The number of hydrogen-bond acceptors (Lipinski definition) is 3. The highest BCUT2D eigenvalue weighted by molar-refractivity contribution is 5.52. The first-order chi connectivity index (χ1) is 9.22. The normalized spacial score (nSPS) is 23.5. The lowest BCUT2D eigenvalue weighted by Crippen LogP contribution is -2.26. The van der Waals surface area contributed by atoms with E-state index in [-0.39, 0.29) is 5.82 Å². The summed E-state index contributed by atoms with van der Waals surface area (Å²) in [5.41, 5.74) is 7.46. The second kappa shape index (κ2) is 5.09. The van der Waals surface area contributed by atoms with E-state index < -0.39 is 0 Å². The number of hydrogen-bond donors (Lipinski definition) is 2. The van der Waals surface area contributed by atoms with Gasteiger partial charge in [-0.05, 0) is 37.8 Å². The number of imidazole rings is 1. The Bertz CT molecular complexity index is 541. The summed E-state index contributed by atoms with van der Waals surface area (Å²) in [6.45, 7) is 0. The Balaban J connectivity index is 1.77. The molecule has 0 aliphatic heterocycles. The van der Waals surface area contributed by atoms with Crippen molar-refractivity contribution in [3.63, 3.8) is 0 Å². The number of H-pyrrole nitrogens is 1. The molecule has 0 atom stereocenters. The molecule has 0 unspecified atom stereocenters. The van der Waals surface area contributed by atoms with Gasteiger partial charge in [0.05, 0.1) is 23.8 Å². The van der Waals surface area contributed by atoms with Gasteiger partial charge in [0.2, 0.25) is 0 Å². The SMILES string of the molecule is NC1CCC(c2ncc(-c3ccc(F)cn3)[nH]2)CC1. The first-order valence-electron chi connectivity index (χ1n) is 6.65. The Morgan fingerprint density at radius 3 is 2.58 bits per heavy atom. The molecule has 2 aromatic heterocycles. The van der Waals surface area contributed by atoms with Crippen LogP contribution in [0.15, 0.2) is 24.5 Å². The van der Waals surface area contributed by atoms with Crippen molar-refractivity contribution in [3.05, 3.63) is 36.2 Å². The molecule has 0 spiro atoms. The number of aromatic nitrogens is 3. The van der Waals surface area contributed by atoms with Gasteiger partial charge in [-0.25, -0.2) is 9.37 Å². The van der Waals surface area contributed by atoms with Crippen molar-refractivity contribution < 1.29 is 4.39 Å². The molecule has 0 saturated heterocycles. The number of pyridine rings is 1. The standard InChI is InChI=1S/C14H17FN4/c15-10-3-6-12(17-7-10)13-8-18-14(19-13)9-1-4-11(16)5-2-9/h3,6-9,11H,1-2,4-5,16H2,(H,18,19). The third kappa shape index (κ3) is 2.66. The monoisotopic (exact) mass is 260 g/mol. The average molecular weight is 260 g/mol. The third-order valence-corrected chi connectivity index (χ3v) is 3.76. The molecule has 1 saturated carbocycles. The van der Waals surface area contributed by atoms with Crippen molar-refractivity contribution >= 4 is 0 Å². The first kappa shape index (κ1) is 12.3. The largest absolute Gasteiger partial charge is 0.341 e. The molecule has 3 N–H and O–H groups in total. The molecule has 2 aromatic rings. The van der Waals surface area contributed by atoms with Crippen LogP contribution in [0.2, 0.25) is 0 Å². The van der Waals surface area contributed by atoms with Crippen LogP contribution in [0.3, 0.4) is 0 Å². The van der Waals surface area contributed by atoms with Crippen LogP contribution in [0.25, 0.3) is 11.4 Å². The van der Waals surface area contributed by atoms with Crippen molar-refractivity contribution in [2.75, 3.05) is 0 Å². The van der Waals surface area contributed by atoms with Gasteiger partial charge in [-0.1, -0.05) is 0 Å². The molecule has 4 nitrogen and oxygen atoms in total. The van der Waals surface area contributed by atoms with E-state index in [4.69, 9.17) is 5.73 Å². The highest BCUT2D eigenvalue weighted by Gasteiger charge is 2.22. The van der Waals surface area contributed by atoms with Crippen molar-refractivity contribution in [1.82, 2.24) is 15.0 Å². The van der Waals surface area contributed by atoms with E-state index in [1.54, 1.807) is 12.3 Å². The van der Waals surface area contributed by atoms with E-state index >= 15 is 0 Å². The molecule has 1 fully saturated rings. The highest BCUT2D eigenvalue weighted by atomic mass is 19.1. The number of nitrogens with two attached hydrogens (primary N) is 1. The van der Waals surface area contributed by atoms with E-state index in [2.05, 4.69) is 15.0 Å². The Morgan fingerprint density at radius 1 is 1.11 bits per heavy atom. The van der Waals surface area contributed by atoms with Crippen LogP contribution in [-0.4, -0.2) is 21.0 Å². The highest BCUT2D eigenvalue weighted by Crippen LogP contribution is 2.31. The molecule has 0 bridgehead atoms. The maximum atomic E-state index is 12.8. The number of nitrogens with zero attached hydrogens (tertiary/aromatic N) is 2. The van der Waals surface area contributed by atoms with Gasteiger partial charge in [-0.15, -0.1) is 0 Å². The average Bonchev–Trinajstić information content (AvgIpc) is 2.90. The Kier molecular flexibility index (Phi) is 3.29. The summed E-state index contributed by atoms with van der Waals surface area (Å²) in [6.07, 6.45) is 7.24. The zero-order valence-electron chi connectivity index (χ0n) is 10.6. The van der Waals surface area contributed by atoms with Gasteiger partial charge >= 0.3 is 0 Å². The van der Waals surface area contributed by atoms with Gasteiger partial charge in [0.25, 0.3) is 0 Å². The van der Waals surface area contributed by atoms with Crippen molar-refractivity contribution in [2.24, 2.45) is 5.73 Å². The lowest BCUT2D eigenvalue weighted by atomic mass is 9.86. The van der Waals surface area contributed by atoms with E-state index in [0.717, 1.165) is 37.2 Å². The van der Waals surface area contributed by atoms with Gasteiger partial charge in [0.1, 0.15) is 11.6 Å². The Morgan fingerprint density at radius 2 is 1.89 bits per heavy atom. The summed E-state index contributed by atoms with van der Waals surface area (Å²) in [4.78, 5) is 11.8. The lowest BCUT2D eigenvalue weighted by molar-refractivity contribution is 0.386. The summed E-state index contributed by atoms with van der Waals surface area (Å²) < 4.78 is 12.8. The van der Waals surface area contributed by atoms with E-state index in [1.807, 2.05) is 0 Å². The molecule has 100 valence electrons. The summed E-state index contributed by atoms with van der Waals surface area (Å²) in [5, 5.41) is 0. The van der Waals surface area contributed by atoms with E-state index in [1.165, 1.54) is 12.3 Å². The van der Waals surface area contributed by atoms with Gasteiger partial charge in [0.15, 0.2) is 0 Å². The summed E-state index contributed by atoms with van der Waals surface area (Å²) in [5.74, 6) is 1.12. The summed E-state index contributed by atoms with van der Waals surface area (Å²) in [7, 11) is 0. The van der Waals surface area contributed by atoms with Crippen LogP contribution in [0.5, 0.6) is 0 Å². The van der Waals surface area contributed by atoms with Crippen molar-refractivity contribution in [2.45, 2.75) is 37.6 Å². The molecular weight excluding hydrogens is 243 g/mol. The van der Waals surface area contributed by atoms with Gasteiger partial charge < -0.3 is 10.7 Å². The van der Waals surface area contributed by atoms with Crippen LogP contribution >= 0.6 is 0 Å². The first-order valence-corrected chi connectivity index (χ1v) is 6.65. The Labute approximate surface area is 111 Å². The topological polar surface area (TPSA) is 67.6 Å². The molecule has 1 aliphatic carbocycles. The molecule has 2 heterocycles. The van der Waals surface area contributed by atoms with Crippen molar-refractivity contribution in [1.29, 1.82) is 0 Å². The van der Waals surface area contributed by atoms with Crippen molar-refractivity contribution in [3.8, 4) is 11.4 Å². The molecular formula is C14H17FN4. The number of aromatic amines is 1. The lowest BCUT2D eigenvalue weighted by Gasteiger charge is -2.24. The van der Waals surface area contributed by atoms with Crippen LogP contribution in [0, 0.1) is 5.82 Å². The number of nitrogens with one attached hydrogen (secondary N) is 1. The predicted octanol–water partition coefficient (Wildman–Crippen LogP) is 2.60. The molecule has 0 amide bonds. The maximum absolute atomic E-state index is 12.8. The summed E-state index contributed by atoms with van der Waals surface area (Å²) >= 11 is 0. The second-order valence-electron chi connectivity index (χ2n) is 5.16. The Hall–Kier alpha value is -1.75. The minimum absolute atomic E-state index is 0.329. The molecule has 5 heteroatoms. The zero-order valence-corrected chi connectivity index (χ0v) is 10.6. The number of halogens is 1. The molecule has 3 rings (SSSR count). The fourth-order valence-electron chi connectivity index (χ4n) is 2.60. The minimum atomic E-state index is -0.329. The maximum Gasteiger partial charge on any atom is 0.141 e. The molecule has 1 aliphatic rings. The molecule has 0 aromatic carbocycles. The summed E-state index contributed by atoms with van der Waals surface area (Å²) in [6, 6.07) is 3.40. The smallest absolute Gasteiger partial charge is 0.141 e. The number of rotatable bonds is 2. The third-order valence-electron chi connectivity index (χ3n) is 3.76. The van der Waals surface area contributed by atoms with E-state index in [0.29, 0.717) is 17.7 Å². The van der Waals surface area contributed by atoms with Crippen LogP contribution in [-0.2, 0) is 0 Å². The van der Waals surface area contributed by atoms with Gasteiger partial charge in [0, 0.05) is 12.0 Å². The fourth-order valence-corrected chi connectivity index (χ4v) is 2.60. The minimum Gasteiger partial charge on any atom is -0.341 e. The van der Waals surface area contributed by atoms with Crippen LogP contribution in [0.1, 0.15) is 37.4 Å². The van der Waals surface area contributed by atoms with Gasteiger partial charge in [-0.3, -0.25) is 4.98 Å². The van der Waals surface area contributed by atoms with Crippen LogP contribution in [0.4, 0.5) is 4.39 Å². The predicted molar refractivity (Wildman–Crippen MR) is 71.0 cm³/mol.